The van der Waals surface area contributed by atoms with Gasteiger partial charge in [0.05, 0.1) is 12.2 Å². The highest BCUT2D eigenvalue weighted by atomic mass is 16.3. The van der Waals surface area contributed by atoms with E-state index in [9.17, 15) is 9.90 Å². The monoisotopic (exact) mass is 375 g/mol. The van der Waals surface area contributed by atoms with Gasteiger partial charge in [0.2, 0.25) is 5.91 Å². The van der Waals surface area contributed by atoms with Gasteiger partial charge in [-0.1, -0.05) is 13.8 Å². The molecule has 0 bridgehead atoms. The third kappa shape index (κ3) is 4.58. The summed E-state index contributed by atoms with van der Waals surface area (Å²) < 4.78 is 0. The number of aryl methyl sites for hydroxylation is 1. The lowest BCUT2D eigenvalue weighted by Gasteiger charge is -2.43. The van der Waals surface area contributed by atoms with E-state index in [-0.39, 0.29) is 12.5 Å². The Bertz CT molecular complexity index is 679. The van der Waals surface area contributed by atoms with Gasteiger partial charge in [-0.05, 0) is 25.7 Å². The molecule has 2 aliphatic heterocycles. The number of carbonyl (C=O) groups excluding carboxylic acids is 1. The molecule has 1 saturated heterocycles. The number of piperazine rings is 1. The van der Waals surface area contributed by atoms with Crippen molar-refractivity contribution in [3.63, 3.8) is 0 Å². The Morgan fingerprint density at radius 3 is 2.70 bits per heavy atom. The third-order valence-corrected chi connectivity index (χ3v) is 5.57. The first-order chi connectivity index (χ1) is 12.9. The minimum atomic E-state index is 0.101. The Morgan fingerprint density at radius 1 is 1.26 bits per heavy atom. The largest absolute Gasteiger partial charge is 0.396 e. The summed E-state index contributed by atoms with van der Waals surface area (Å²) in [5.74, 6) is 2.51. The predicted octanol–water partition coefficient (Wildman–Crippen LogP) is 1.22. The van der Waals surface area contributed by atoms with Crippen LogP contribution in [0.1, 0.15) is 44.3 Å². The SMILES string of the molecule is CC(=O)N1CCc2c(nc(C)nc2N2CCN(CC(C)C)C(CCO)C2)C1. The summed E-state index contributed by atoms with van der Waals surface area (Å²) in [6.07, 6.45) is 1.59. The van der Waals surface area contributed by atoms with Gasteiger partial charge in [0.15, 0.2) is 0 Å². The van der Waals surface area contributed by atoms with Crippen LogP contribution in [0, 0.1) is 12.8 Å². The first-order valence-electron chi connectivity index (χ1n) is 10.1. The topological polar surface area (TPSA) is 72.8 Å². The zero-order valence-corrected chi connectivity index (χ0v) is 17.1. The molecule has 1 fully saturated rings. The highest BCUT2D eigenvalue weighted by Crippen LogP contribution is 2.29. The van der Waals surface area contributed by atoms with Crippen LogP contribution in [-0.2, 0) is 17.8 Å². The summed E-state index contributed by atoms with van der Waals surface area (Å²) in [5.41, 5.74) is 2.18. The molecule has 1 amide bonds. The highest BCUT2D eigenvalue weighted by Gasteiger charge is 2.31. The average Bonchev–Trinajstić information content (AvgIpc) is 2.61. The van der Waals surface area contributed by atoms with Crippen molar-refractivity contribution in [1.29, 1.82) is 0 Å². The standard InChI is InChI=1S/C20H33N5O2/c1-14(2)11-24-8-9-25(12-17(24)6-10-26)20-18-5-7-23(16(4)27)13-19(18)21-15(3)22-20/h14,17,26H,5-13H2,1-4H3. The van der Waals surface area contributed by atoms with Crippen LogP contribution >= 0.6 is 0 Å². The maximum atomic E-state index is 11.8. The number of aliphatic hydroxyl groups excluding tert-OH is 1. The molecule has 1 unspecified atom stereocenters. The van der Waals surface area contributed by atoms with E-state index in [1.54, 1.807) is 6.92 Å². The molecule has 7 nitrogen and oxygen atoms in total. The van der Waals surface area contributed by atoms with Crippen molar-refractivity contribution in [3.8, 4) is 0 Å². The zero-order valence-electron chi connectivity index (χ0n) is 17.1. The molecule has 3 rings (SSSR count). The molecule has 2 aliphatic rings. The summed E-state index contributed by atoms with van der Waals surface area (Å²) in [6.45, 7) is 13.4. The Labute approximate surface area is 162 Å². The zero-order chi connectivity index (χ0) is 19.6. The van der Waals surface area contributed by atoms with Crippen molar-refractivity contribution in [2.75, 3.05) is 44.2 Å². The number of hydrogen-bond donors (Lipinski definition) is 1. The van der Waals surface area contributed by atoms with E-state index in [0.29, 0.717) is 18.5 Å². The Kier molecular flexibility index (Phi) is 6.32. The van der Waals surface area contributed by atoms with Gasteiger partial charge in [0.25, 0.3) is 0 Å². The smallest absolute Gasteiger partial charge is 0.219 e. The minimum absolute atomic E-state index is 0.101. The van der Waals surface area contributed by atoms with E-state index in [0.717, 1.165) is 62.9 Å². The molecule has 0 spiro atoms. The van der Waals surface area contributed by atoms with Crippen LogP contribution in [0.2, 0.25) is 0 Å². The molecule has 0 aromatic carbocycles. The number of amides is 1. The van der Waals surface area contributed by atoms with Gasteiger partial charge in [-0.15, -0.1) is 0 Å². The average molecular weight is 376 g/mol. The van der Waals surface area contributed by atoms with E-state index >= 15 is 0 Å². The van der Waals surface area contributed by atoms with Gasteiger partial charge in [-0.25, -0.2) is 9.97 Å². The molecule has 1 atom stereocenters. The fourth-order valence-electron chi connectivity index (χ4n) is 4.28. The van der Waals surface area contributed by atoms with E-state index in [1.807, 2.05) is 11.8 Å². The number of carbonyl (C=O) groups is 1. The molecular weight excluding hydrogens is 342 g/mol. The van der Waals surface area contributed by atoms with Crippen molar-refractivity contribution in [3.05, 3.63) is 17.1 Å². The summed E-state index contributed by atoms with van der Waals surface area (Å²) in [6, 6.07) is 0.342. The second-order valence-electron chi connectivity index (χ2n) is 8.21. The first kappa shape index (κ1) is 20.0. The van der Waals surface area contributed by atoms with Crippen molar-refractivity contribution in [1.82, 2.24) is 19.8 Å². The number of aliphatic hydroxyl groups is 1. The summed E-state index contributed by atoms with van der Waals surface area (Å²) in [4.78, 5) is 27.9. The molecule has 3 heterocycles. The molecular formula is C20H33N5O2. The predicted molar refractivity (Wildman–Crippen MR) is 106 cm³/mol. The molecule has 0 radical (unpaired) electrons. The second kappa shape index (κ2) is 8.52. The van der Waals surface area contributed by atoms with E-state index < -0.39 is 0 Å². The van der Waals surface area contributed by atoms with Crippen LogP contribution in [-0.4, -0.2) is 76.2 Å². The number of fused-ring (bicyclic) bond motifs is 1. The van der Waals surface area contributed by atoms with Gasteiger partial charge >= 0.3 is 0 Å². The molecule has 1 N–H and O–H groups in total. The number of nitrogens with zero attached hydrogens (tertiary/aromatic N) is 5. The van der Waals surface area contributed by atoms with Crippen LogP contribution in [0.4, 0.5) is 5.82 Å². The van der Waals surface area contributed by atoms with Gasteiger partial charge in [0.1, 0.15) is 11.6 Å². The molecule has 1 aromatic heterocycles. The van der Waals surface area contributed by atoms with Gasteiger partial charge < -0.3 is 14.9 Å². The second-order valence-corrected chi connectivity index (χ2v) is 8.21. The quantitative estimate of drug-likeness (QED) is 0.834. The van der Waals surface area contributed by atoms with Crippen LogP contribution in [0.15, 0.2) is 0 Å². The fourth-order valence-corrected chi connectivity index (χ4v) is 4.28. The third-order valence-electron chi connectivity index (χ3n) is 5.57. The Hall–Kier alpha value is -1.73. The van der Waals surface area contributed by atoms with Crippen LogP contribution in [0.5, 0.6) is 0 Å². The number of anilines is 1. The molecule has 0 aliphatic carbocycles. The van der Waals surface area contributed by atoms with E-state index in [4.69, 9.17) is 4.98 Å². The normalized spacial score (nSPS) is 20.9. The van der Waals surface area contributed by atoms with Gasteiger partial charge in [-0.3, -0.25) is 9.69 Å². The lowest BCUT2D eigenvalue weighted by Crippen LogP contribution is -2.55. The summed E-state index contributed by atoms with van der Waals surface area (Å²) >= 11 is 0. The van der Waals surface area contributed by atoms with Crippen molar-refractivity contribution in [2.24, 2.45) is 5.92 Å². The lowest BCUT2D eigenvalue weighted by atomic mass is 10.0. The van der Waals surface area contributed by atoms with Crippen molar-refractivity contribution >= 4 is 11.7 Å². The number of hydrogen-bond acceptors (Lipinski definition) is 6. The van der Waals surface area contributed by atoms with Crippen molar-refractivity contribution in [2.45, 2.75) is 53.1 Å². The number of rotatable bonds is 5. The highest BCUT2D eigenvalue weighted by molar-refractivity contribution is 5.73. The van der Waals surface area contributed by atoms with E-state index in [2.05, 4.69) is 28.6 Å². The minimum Gasteiger partial charge on any atom is -0.396 e. The Balaban J connectivity index is 1.83. The first-order valence-corrected chi connectivity index (χ1v) is 10.1. The lowest BCUT2D eigenvalue weighted by molar-refractivity contribution is -0.129. The molecule has 150 valence electrons. The Morgan fingerprint density at radius 2 is 2.04 bits per heavy atom. The van der Waals surface area contributed by atoms with Crippen molar-refractivity contribution < 1.29 is 9.90 Å². The van der Waals surface area contributed by atoms with E-state index in [1.165, 1.54) is 5.56 Å². The molecule has 1 aromatic rings. The molecule has 27 heavy (non-hydrogen) atoms. The van der Waals surface area contributed by atoms with Crippen LogP contribution in [0.3, 0.4) is 0 Å². The number of aromatic nitrogens is 2. The maximum Gasteiger partial charge on any atom is 0.219 e. The fraction of sp³-hybridized carbons (Fsp3) is 0.750. The van der Waals surface area contributed by atoms with Gasteiger partial charge in [0, 0.05) is 57.9 Å². The maximum absolute atomic E-state index is 11.8. The van der Waals surface area contributed by atoms with Crippen LogP contribution in [0.25, 0.3) is 0 Å². The summed E-state index contributed by atoms with van der Waals surface area (Å²) in [7, 11) is 0. The summed E-state index contributed by atoms with van der Waals surface area (Å²) in [5, 5.41) is 9.54. The van der Waals surface area contributed by atoms with Crippen LogP contribution < -0.4 is 4.90 Å². The van der Waals surface area contributed by atoms with Gasteiger partial charge in [-0.2, -0.15) is 0 Å². The molecule has 7 heteroatoms. The molecule has 0 saturated carbocycles.